The maximum atomic E-state index is 14.0. The van der Waals surface area contributed by atoms with Crippen molar-refractivity contribution in [2.75, 3.05) is 12.0 Å². The number of halogens is 2. The van der Waals surface area contributed by atoms with Gasteiger partial charge in [0.05, 0.1) is 21.9 Å². The molecule has 4 amide bonds. The number of hydrogen-bond donors (Lipinski definition) is 2. The zero-order chi connectivity index (χ0) is 26.7. The van der Waals surface area contributed by atoms with E-state index < -0.39 is 29.6 Å². The van der Waals surface area contributed by atoms with Crippen LogP contribution in [0.15, 0.2) is 66.2 Å². The standard InChI is InChI=1S/C26H18FIN2O7/c1-36-21-12-14(11-20(28)22(21)37-13-16-4-2-3-5-19(16)27)10-18-23(31)29-26(35)30(24(18)32)17-8-6-15(7-9-17)25(33)34/h2-12H,13H2,1H3,(H,33,34)(H,29,31,35)/b18-10+. The van der Waals surface area contributed by atoms with Gasteiger partial charge in [-0.3, -0.25) is 14.9 Å². The first-order valence-electron chi connectivity index (χ1n) is 10.7. The number of carbonyl (C=O) groups excluding carboxylic acids is 3. The SMILES string of the molecule is COc1cc(/C=C2\C(=O)NC(=O)N(c3ccc(C(=O)O)cc3)C2=O)cc(I)c1OCc1ccccc1F. The van der Waals surface area contributed by atoms with Crippen molar-refractivity contribution in [3.05, 3.63) is 92.3 Å². The lowest BCUT2D eigenvalue weighted by molar-refractivity contribution is -0.122. The van der Waals surface area contributed by atoms with Crippen LogP contribution in [0.3, 0.4) is 0 Å². The number of nitrogens with zero attached hydrogens (tertiary/aromatic N) is 1. The van der Waals surface area contributed by atoms with E-state index >= 15 is 0 Å². The van der Waals surface area contributed by atoms with Crippen LogP contribution in [0.2, 0.25) is 0 Å². The van der Waals surface area contributed by atoms with Gasteiger partial charge in [0.15, 0.2) is 11.5 Å². The van der Waals surface area contributed by atoms with E-state index in [0.29, 0.717) is 20.4 Å². The number of imide groups is 2. The van der Waals surface area contributed by atoms with Crippen LogP contribution in [-0.4, -0.2) is 36.0 Å². The van der Waals surface area contributed by atoms with Gasteiger partial charge in [0, 0.05) is 5.56 Å². The number of carbonyl (C=O) groups is 4. The van der Waals surface area contributed by atoms with Crippen LogP contribution in [0.1, 0.15) is 21.5 Å². The molecule has 0 saturated carbocycles. The van der Waals surface area contributed by atoms with E-state index in [4.69, 9.17) is 14.6 Å². The second-order valence-electron chi connectivity index (χ2n) is 7.72. The molecule has 1 saturated heterocycles. The molecule has 0 aliphatic carbocycles. The monoisotopic (exact) mass is 616 g/mol. The van der Waals surface area contributed by atoms with E-state index in [1.807, 2.05) is 22.6 Å². The molecule has 0 spiro atoms. The summed E-state index contributed by atoms with van der Waals surface area (Å²) in [5, 5.41) is 11.2. The average Bonchev–Trinajstić information content (AvgIpc) is 2.86. The summed E-state index contributed by atoms with van der Waals surface area (Å²) in [5.74, 6) is -2.70. The average molecular weight is 616 g/mol. The van der Waals surface area contributed by atoms with Gasteiger partial charge >= 0.3 is 12.0 Å². The predicted octanol–water partition coefficient (Wildman–Crippen LogP) is 4.38. The minimum atomic E-state index is -1.17. The van der Waals surface area contributed by atoms with Crippen LogP contribution in [0.25, 0.3) is 6.08 Å². The summed E-state index contributed by atoms with van der Waals surface area (Å²) >= 11 is 1.99. The molecule has 0 radical (unpaired) electrons. The van der Waals surface area contributed by atoms with Gasteiger partial charge in [-0.1, -0.05) is 18.2 Å². The number of ether oxygens (including phenoxy) is 2. The number of rotatable bonds is 7. The number of amides is 4. The van der Waals surface area contributed by atoms with Gasteiger partial charge < -0.3 is 14.6 Å². The molecule has 4 rings (SSSR count). The second kappa shape index (κ2) is 10.8. The Morgan fingerprint density at radius 3 is 2.46 bits per heavy atom. The van der Waals surface area contributed by atoms with Crippen molar-refractivity contribution < 1.29 is 38.1 Å². The number of methoxy groups -OCH3 is 1. The van der Waals surface area contributed by atoms with Crippen molar-refractivity contribution in [2.45, 2.75) is 6.61 Å². The van der Waals surface area contributed by atoms with Crippen LogP contribution in [0, 0.1) is 9.39 Å². The van der Waals surface area contributed by atoms with E-state index in [2.05, 4.69) is 5.32 Å². The van der Waals surface area contributed by atoms with E-state index in [9.17, 15) is 23.6 Å². The van der Waals surface area contributed by atoms with Gasteiger partial charge in [-0.05, 0) is 76.7 Å². The highest BCUT2D eigenvalue weighted by molar-refractivity contribution is 14.1. The minimum absolute atomic E-state index is 0.0283. The first kappa shape index (κ1) is 25.8. The van der Waals surface area contributed by atoms with Crippen molar-refractivity contribution in [1.29, 1.82) is 0 Å². The summed E-state index contributed by atoms with van der Waals surface area (Å²) < 4.78 is 25.7. The molecule has 0 aromatic heterocycles. The number of carboxylic acid groups (broad SMARTS) is 1. The third kappa shape index (κ3) is 5.45. The highest BCUT2D eigenvalue weighted by atomic mass is 127. The van der Waals surface area contributed by atoms with Gasteiger partial charge in [-0.2, -0.15) is 0 Å². The molecule has 37 heavy (non-hydrogen) atoms. The lowest BCUT2D eigenvalue weighted by atomic mass is 10.1. The normalized spacial score (nSPS) is 14.5. The number of aromatic carboxylic acids is 1. The minimum Gasteiger partial charge on any atom is -0.493 e. The van der Waals surface area contributed by atoms with Crippen LogP contribution in [-0.2, 0) is 16.2 Å². The van der Waals surface area contributed by atoms with Gasteiger partial charge in [-0.15, -0.1) is 0 Å². The van der Waals surface area contributed by atoms with E-state index in [-0.39, 0.29) is 29.2 Å². The number of barbiturate groups is 1. The third-order valence-corrected chi connectivity index (χ3v) is 6.17. The van der Waals surface area contributed by atoms with Crippen molar-refractivity contribution in [1.82, 2.24) is 5.32 Å². The lowest BCUT2D eigenvalue weighted by Crippen LogP contribution is -2.54. The molecule has 0 bridgehead atoms. The number of nitrogens with one attached hydrogen (secondary N) is 1. The molecule has 188 valence electrons. The van der Waals surface area contributed by atoms with Crippen LogP contribution >= 0.6 is 22.6 Å². The molecule has 3 aromatic rings. The largest absolute Gasteiger partial charge is 0.493 e. The van der Waals surface area contributed by atoms with E-state index in [1.54, 1.807) is 24.3 Å². The number of benzene rings is 3. The molecular formula is C26H18FIN2O7. The summed E-state index contributed by atoms with van der Waals surface area (Å²) in [7, 11) is 1.41. The third-order valence-electron chi connectivity index (χ3n) is 5.37. The zero-order valence-corrected chi connectivity index (χ0v) is 21.3. The smallest absolute Gasteiger partial charge is 0.335 e. The number of urea groups is 1. The van der Waals surface area contributed by atoms with Gasteiger partial charge in [0.1, 0.15) is 18.0 Å². The molecule has 1 fully saturated rings. The Balaban J connectivity index is 1.64. The lowest BCUT2D eigenvalue weighted by Gasteiger charge is -2.26. The molecule has 0 atom stereocenters. The molecular weight excluding hydrogens is 598 g/mol. The molecule has 11 heteroatoms. The predicted molar refractivity (Wildman–Crippen MR) is 139 cm³/mol. The Bertz CT molecular complexity index is 1450. The Kier molecular flexibility index (Phi) is 7.53. The van der Waals surface area contributed by atoms with Gasteiger partial charge in [0.25, 0.3) is 11.8 Å². The van der Waals surface area contributed by atoms with Crippen molar-refractivity contribution in [2.24, 2.45) is 0 Å². The van der Waals surface area contributed by atoms with Gasteiger partial charge in [0.2, 0.25) is 0 Å². The van der Waals surface area contributed by atoms with Crippen LogP contribution in [0.5, 0.6) is 11.5 Å². The number of hydrogen-bond acceptors (Lipinski definition) is 6. The van der Waals surface area contributed by atoms with Crippen molar-refractivity contribution in [3.8, 4) is 11.5 Å². The summed E-state index contributed by atoms with van der Waals surface area (Å²) in [6.45, 7) is -0.0435. The fourth-order valence-corrected chi connectivity index (χ4v) is 4.32. The second-order valence-corrected chi connectivity index (χ2v) is 8.89. The molecule has 1 heterocycles. The van der Waals surface area contributed by atoms with Crippen LogP contribution < -0.4 is 19.7 Å². The maximum Gasteiger partial charge on any atom is 0.335 e. The first-order chi connectivity index (χ1) is 17.7. The Labute approximate surface area is 223 Å². The first-order valence-corrected chi connectivity index (χ1v) is 11.8. The summed E-state index contributed by atoms with van der Waals surface area (Å²) in [4.78, 5) is 49.9. The van der Waals surface area contributed by atoms with Gasteiger partial charge in [-0.25, -0.2) is 18.9 Å². The highest BCUT2D eigenvalue weighted by Crippen LogP contribution is 2.35. The molecule has 0 unspecified atom stereocenters. The summed E-state index contributed by atoms with van der Waals surface area (Å²) in [6, 6.07) is 13.5. The summed E-state index contributed by atoms with van der Waals surface area (Å²) in [5.41, 5.74) is 0.514. The Morgan fingerprint density at radius 2 is 1.81 bits per heavy atom. The molecule has 1 aliphatic heterocycles. The Hall–Kier alpha value is -4.26. The maximum absolute atomic E-state index is 14.0. The van der Waals surface area contributed by atoms with E-state index in [1.165, 1.54) is 49.6 Å². The van der Waals surface area contributed by atoms with Crippen LogP contribution in [0.4, 0.5) is 14.9 Å². The molecule has 1 aliphatic rings. The van der Waals surface area contributed by atoms with E-state index in [0.717, 1.165) is 4.90 Å². The number of anilines is 1. The van der Waals surface area contributed by atoms with Crippen molar-refractivity contribution >= 4 is 58.2 Å². The molecule has 3 aromatic carbocycles. The zero-order valence-electron chi connectivity index (χ0n) is 19.2. The number of carboxylic acids is 1. The Morgan fingerprint density at radius 1 is 1.11 bits per heavy atom. The highest BCUT2D eigenvalue weighted by Gasteiger charge is 2.37. The molecule has 9 nitrogen and oxygen atoms in total. The fraction of sp³-hybridized carbons (Fsp3) is 0.0769. The quantitative estimate of drug-likeness (QED) is 0.230. The summed E-state index contributed by atoms with van der Waals surface area (Å²) in [6.07, 6.45) is 1.30. The fourth-order valence-electron chi connectivity index (χ4n) is 3.54. The van der Waals surface area contributed by atoms with Crippen molar-refractivity contribution in [3.63, 3.8) is 0 Å². The molecule has 2 N–H and O–H groups in total. The topological polar surface area (TPSA) is 122 Å².